The number of nitriles is 2. The van der Waals surface area contributed by atoms with Crippen molar-refractivity contribution in [2.75, 3.05) is 0 Å². The van der Waals surface area contributed by atoms with E-state index >= 15 is 0 Å². The van der Waals surface area contributed by atoms with E-state index in [9.17, 15) is 4.79 Å². The fourth-order valence-electron chi connectivity index (χ4n) is 1.98. The summed E-state index contributed by atoms with van der Waals surface area (Å²) in [4.78, 5) is 20.1. The number of carbonyl (C=O) groups is 1. The third-order valence-corrected chi connectivity index (χ3v) is 3.04. The molecule has 0 spiro atoms. The van der Waals surface area contributed by atoms with E-state index in [1.54, 1.807) is 30.3 Å². The molecule has 0 saturated carbocycles. The summed E-state index contributed by atoms with van der Waals surface area (Å²) in [6, 6.07) is 8.34. The van der Waals surface area contributed by atoms with Crippen molar-refractivity contribution in [3.8, 4) is 23.4 Å². The quantitative estimate of drug-likeness (QED) is 0.621. The van der Waals surface area contributed by atoms with Gasteiger partial charge in [0.25, 0.3) is 0 Å². The molecule has 6 heteroatoms. The highest BCUT2D eigenvalue weighted by molar-refractivity contribution is 6.31. The molecule has 1 aromatic carbocycles. The molecule has 0 fully saturated rings. The van der Waals surface area contributed by atoms with Crippen molar-refractivity contribution < 1.29 is 4.79 Å². The highest BCUT2D eigenvalue weighted by atomic mass is 35.5. The highest BCUT2D eigenvalue weighted by Crippen LogP contribution is 2.36. The summed E-state index contributed by atoms with van der Waals surface area (Å²) in [5.74, 6) is -0.310. The van der Waals surface area contributed by atoms with E-state index in [1.165, 1.54) is 0 Å². The molecular formula is C13H3ClN4O. The topological polar surface area (TPSA) is 90.4 Å². The predicted octanol–water partition coefficient (Wildman–Crippen LogP) is 2.08. The van der Waals surface area contributed by atoms with Crippen LogP contribution in [0.3, 0.4) is 0 Å². The first kappa shape index (κ1) is 11.3. The van der Waals surface area contributed by atoms with Crippen LogP contribution in [0.15, 0.2) is 18.2 Å². The van der Waals surface area contributed by atoms with Gasteiger partial charge in [0.05, 0.1) is 0 Å². The van der Waals surface area contributed by atoms with E-state index in [0.29, 0.717) is 21.8 Å². The molecule has 19 heavy (non-hydrogen) atoms. The van der Waals surface area contributed by atoms with Crippen molar-refractivity contribution in [2.45, 2.75) is 0 Å². The van der Waals surface area contributed by atoms with Crippen molar-refractivity contribution in [1.29, 1.82) is 10.5 Å². The van der Waals surface area contributed by atoms with E-state index in [-0.39, 0.29) is 22.9 Å². The average molecular weight is 267 g/mol. The molecule has 0 N–H and O–H groups in total. The first-order chi connectivity index (χ1) is 9.15. The maximum atomic E-state index is 12.1. The maximum Gasteiger partial charge on any atom is 0.214 e. The molecule has 1 aromatic heterocycles. The number of rotatable bonds is 0. The summed E-state index contributed by atoms with van der Waals surface area (Å²) < 4.78 is 0. The van der Waals surface area contributed by atoms with E-state index in [4.69, 9.17) is 22.1 Å². The summed E-state index contributed by atoms with van der Waals surface area (Å²) in [5, 5.41) is 18.3. The number of carbonyl (C=O) groups excluding carboxylic acids is 1. The van der Waals surface area contributed by atoms with Crippen LogP contribution in [0.5, 0.6) is 0 Å². The number of hydrogen-bond donors (Lipinski definition) is 0. The van der Waals surface area contributed by atoms with Crippen molar-refractivity contribution in [3.05, 3.63) is 45.9 Å². The number of nitrogens with zero attached hydrogens (tertiary/aromatic N) is 4. The van der Waals surface area contributed by atoms with Gasteiger partial charge in [-0.05, 0) is 18.2 Å². The van der Waals surface area contributed by atoms with Crippen LogP contribution in [0.2, 0.25) is 5.02 Å². The Kier molecular flexibility index (Phi) is 2.31. The van der Waals surface area contributed by atoms with Crippen molar-refractivity contribution >= 4 is 17.4 Å². The predicted molar refractivity (Wildman–Crippen MR) is 65.3 cm³/mol. The van der Waals surface area contributed by atoms with Crippen LogP contribution in [-0.2, 0) is 0 Å². The molecule has 0 aliphatic heterocycles. The first-order valence-corrected chi connectivity index (χ1v) is 5.60. The maximum absolute atomic E-state index is 12.1. The largest absolute Gasteiger partial charge is 0.287 e. The van der Waals surface area contributed by atoms with E-state index in [2.05, 4.69) is 9.97 Å². The van der Waals surface area contributed by atoms with Crippen LogP contribution >= 0.6 is 11.6 Å². The second-order valence-corrected chi connectivity index (χ2v) is 4.30. The van der Waals surface area contributed by atoms with Gasteiger partial charge in [-0.3, -0.25) is 4.79 Å². The molecule has 0 amide bonds. The van der Waals surface area contributed by atoms with Crippen LogP contribution in [0.25, 0.3) is 11.3 Å². The van der Waals surface area contributed by atoms with Gasteiger partial charge in [-0.1, -0.05) is 11.6 Å². The number of halogens is 1. The third-order valence-electron chi connectivity index (χ3n) is 2.80. The molecule has 0 saturated heterocycles. The minimum Gasteiger partial charge on any atom is -0.287 e. The minimum atomic E-state index is -0.310. The van der Waals surface area contributed by atoms with Gasteiger partial charge in [0.15, 0.2) is 11.4 Å². The van der Waals surface area contributed by atoms with Crippen LogP contribution in [0.1, 0.15) is 27.4 Å². The van der Waals surface area contributed by atoms with Crippen LogP contribution < -0.4 is 0 Å². The lowest BCUT2D eigenvalue weighted by Crippen LogP contribution is -2.03. The van der Waals surface area contributed by atoms with Gasteiger partial charge in [0.1, 0.15) is 23.5 Å². The lowest BCUT2D eigenvalue weighted by atomic mass is 10.1. The van der Waals surface area contributed by atoms with E-state index in [1.807, 2.05) is 0 Å². The fraction of sp³-hybridized carbons (Fsp3) is 0. The Bertz CT molecular complexity index is 830. The Balaban J connectivity index is 2.38. The third kappa shape index (κ3) is 1.50. The van der Waals surface area contributed by atoms with Crippen LogP contribution in [0, 0.1) is 22.7 Å². The zero-order valence-electron chi connectivity index (χ0n) is 9.31. The highest BCUT2D eigenvalue weighted by Gasteiger charge is 2.31. The lowest BCUT2D eigenvalue weighted by Gasteiger charge is -2.00. The lowest BCUT2D eigenvalue weighted by molar-refractivity contribution is 0.103. The molecule has 0 bridgehead atoms. The number of benzene rings is 1. The molecular weight excluding hydrogens is 264 g/mol. The SMILES string of the molecule is N#Cc1nc2c(nc1C#N)-c1cc(Cl)ccc1C2=O. The van der Waals surface area contributed by atoms with Crippen molar-refractivity contribution in [2.24, 2.45) is 0 Å². The second-order valence-electron chi connectivity index (χ2n) is 3.86. The molecule has 0 radical (unpaired) electrons. The van der Waals surface area contributed by atoms with Crippen molar-refractivity contribution in [3.63, 3.8) is 0 Å². The fourth-order valence-corrected chi connectivity index (χ4v) is 2.15. The molecule has 0 unspecified atom stereocenters. The zero-order chi connectivity index (χ0) is 13.6. The molecule has 1 aliphatic rings. The molecule has 2 aromatic rings. The molecule has 1 heterocycles. The minimum absolute atomic E-state index is 0.0906. The Morgan fingerprint density at radius 3 is 2.26 bits per heavy atom. The average Bonchev–Trinajstić information content (AvgIpc) is 2.70. The summed E-state index contributed by atoms with van der Waals surface area (Å²) in [5.41, 5.74) is 1.13. The molecule has 1 aliphatic carbocycles. The number of aromatic nitrogens is 2. The Labute approximate surface area is 112 Å². The summed E-state index contributed by atoms with van der Waals surface area (Å²) >= 11 is 5.89. The van der Waals surface area contributed by atoms with E-state index in [0.717, 1.165) is 0 Å². The number of fused-ring (bicyclic) bond motifs is 3. The van der Waals surface area contributed by atoms with Gasteiger partial charge in [-0.15, -0.1) is 0 Å². The summed E-state index contributed by atoms with van der Waals surface area (Å²) in [6.45, 7) is 0. The smallest absolute Gasteiger partial charge is 0.214 e. The van der Waals surface area contributed by atoms with Gasteiger partial charge in [-0.2, -0.15) is 10.5 Å². The van der Waals surface area contributed by atoms with Crippen molar-refractivity contribution in [1.82, 2.24) is 9.97 Å². The summed E-state index contributed by atoms with van der Waals surface area (Å²) in [6.07, 6.45) is 0. The number of hydrogen-bond acceptors (Lipinski definition) is 5. The van der Waals surface area contributed by atoms with Gasteiger partial charge >= 0.3 is 0 Å². The Hall–Kier alpha value is -2.76. The molecule has 0 atom stereocenters. The Morgan fingerprint density at radius 2 is 1.63 bits per heavy atom. The molecule has 5 nitrogen and oxygen atoms in total. The summed E-state index contributed by atoms with van der Waals surface area (Å²) in [7, 11) is 0. The first-order valence-electron chi connectivity index (χ1n) is 5.22. The monoisotopic (exact) mass is 266 g/mol. The molecule has 88 valence electrons. The van der Waals surface area contributed by atoms with E-state index < -0.39 is 0 Å². The van der Waals surface area contributed by atoms with Gasteiger partial charge in [0, 0.05) is 16.1 Å². The van der Waals surface area contributed by atoms with Gasteiger partial charge in [-0.25, -0.2) is 9.97 Å². The zero-order valence-corrected chi connectivity index (χ0v) is 10.1. The Morgan fingerprint density at radius 1 is 1.00 bits per heavy atom. The van der Waals surface area contributed by atoms with Gasteiger partial charge in [0.2, 0.25) is 5.78 Å². The van der Waals surface area contributed by atoms with Gasteiger partial charge < -0.3 is 0 Å². The van der Waals surface area contributed by atoms with Crippen LogP contribution in [0.4, 0.5) is 0 Å². The molecule has 3 rings (SSSR count). The normalized spacial score (nSPS) is 11.4. The van der Waals surface area contributed by atoms with Crippen LogP contribution in [-0.4, -0.2) is 15.8 Å². The standard InChI is InChI=1S/C13H3ClN4O/c14-6-1-2-7-8(3-6)11-12(13(7)19)18-10(5-16)9(4-15)17-11/h1-3H. The second kappa shape index (κ2) is 3.88. The number of ketones is 1.